The molecule has 1 aromatic rings. The first-order chi connectivity index (χ1) is 8.95. The zero-order valence-corrected chi connectivity index (χ0v) is 14.2. The summed E-state index contributed by atoms with van der Waals surface area (Å²) in [5, 5.41) is 4.05. The molecule has 1 heterocycles. The average molecular weight is 317 g/mol. The number of rotatable bonds is 4. The van der Waals surface area contributed by atoms with Crippen molar-refractivity contribution in [1.82, 2.24) is 0 Å². The summed E-state index contributed by atoms with van der Waals surface area (Å²) in [5.74, 6) is -0.0592. The Balaban J connectivity index is 0.00000200. The highest BCUT2D eigenvalue weighted by Crippen LogP contribution is 2.37. The molecule has 20 heavy (non-hydrogen) atoms. The van der Waals surface area contributed by atoms with E-state index >= 15 is 0 Å². The number of nitrogens with one attached hydrogen (secondary N) is 1. The van der Waals surface area contributed by atoms with Crippen molar-refractivity contribution in [2.24, 2.45) is 5.73 Å². The number of fused-ring (bicyclic) bond motifs is 1. The molecule has 2 rings (SSSR count). The fraction of sp³-hybridized carbons (Fsp3) is 0.667. The predicted molar refractivity (Wildman–Crippen MR) is 89.1 cm³/mol. The van der Waals surface area contributed by atoms with Crippen LogP contribution in [-0.2, 0) is 17.6 Å². The molecule has 1 amide bonds. The van der Waals surface area contributed by atoms with E-state index in [2.05, 4.69) is 12.2 Å². The van der Waals surface area contributed by atoms with E-state index in [-0.39, 0.29) is 18.3 Å². The van der Waals surface area contributed by atoms with Crippen molar-refractivity contribution in [3.8, 4) is 0 Å². The van der Waals surface area contributed by atoms with Crippen LogP contribution in [0, 0.1) is 6.92 Å². The van der Waals surface area contributed by atoms with Gasteiger partial charge in [-0.15, -0.1) is 23.7 Å². The highest BCUT2D eigenvalue weighted by atomic mass is 35.5. The van der Waals surface area contributed by atoms with Crippen molar-refractivity contribution < 1.29 is 4.79 Å². The Morgan fingerprint density at radius 3 is 2.65 bits per heavy atom. The maximum Gasteiger partial charge on any atom is 0.244 e. The molecule has 0 aliphatic heterocycles. The van der Waals surface area contributed by atoms with Gasteiger partial charge < -0.3 is 11.1 Å². The Morgan fingerprint density at radius 1 is 1.40 bits per heavy atom. The van der Waals surface area contributed by atoms with Gasteiger partial charge in [0.05, 0.1) is 10.5 Å². The smallest absolute Gasteiger partial charge is 0.244 e. The van der Waals surface area contributed by atoms with Crippen molar-refractivity contribution in [3.63, 3.8) is 0 Å². The number of nitrogens with two attached hydrogens (primary N) is 1. The lowest BCUT2D eigenvalue weighted by Gasteiger charge is -2.22. The predicted octanol–water partition coefficient (Wildman–Crippen LogP) is 3.81. The largest absolute Gasteiger partial charge is 0.318 e. The van der Waals surface area contributed by atoms with E-state index in [4.69, 9.17) is 5.73 Å². The zero-order valence-electron chi connectivity index (χ0n) is 12.5. The molecule has 0 fully saturated rings. The summed E-state index contributed by atoms with van der Waals surface area (Å²) < 4.78 is 0. The van der Waals surface area contributed by atoms with E-state index in [1.54, 1.807) is 11.3 Å². The van der Waals surface area contributed by atoms with E-state index in [1.165, 1.54) is 28.8 Å². The molecular weight excluding hydrogens is 292 g/mol. The Labute approximate surface area is 131 Å². The van der Waals surface area contributed by atoms with Crippen LogP contribution in [0.2, 0.25) is 0 Å². The molecule has 0 radical (unpaired) electrons. The molecule has 0 saturated carbocycles. The second-order valence-corrected chi connectivity index (χ2v) is 6.89. The van der Waals surface area contributed by atoms with Crippen LogP contribution >= 0.6 is 23.7 Å². The lowest BCUT2D eigenvalue weighted by molar-refractivity contribution is -0.120. The molecule has 114 valence electrons. The molecule has 1 aliphatic rings. The summed E-state index contributed by atoms with van der Waals surface area (Å²) in [5.41, 5.74) is 8.02. The van der Waals surface area contributed by atoms with Gasteiger partial charge in [-0.1, -0.05) is 13.3 Å². The van der Waals surface area contributed by atoms with Crippen molar-refractivity contribution >= 4 is 34.7 Å². The number of anilines is 1. The highest BCUT2D eigenvalue weighted by Gasteiger charge is 2.29. The van der Waals surface area contributed by atoms with Crippen LogP contribution in [0.1, 0.15) is 55.5 Å². The summed E-state index contributed by atoms with van der Waals surface area (Å²) in [7, 11) is 0. The molecule has 0 aromatic carbocycles. The third-order valence-electron chi connectivity index (χ3n) is 3.95. The third kappa shape index (κ3) is 3.54. The maximum absolute atomic E-state index is 12.3. The number of carbonyl (C=O) groups is 1. The third-order valence-corrected chi connectivity index (χ3v) is 5.26. The Hall–Kier alpha value is -0.580. The second kappa shape index (κ2) is 6.92. The van der Waals surface area contributed by atoms with Gasteiger partial charge in [0.15, 0.2) is 0 Å². The Bertz CT molecular complexity index is 482. The van der Waals surface area contributed by atoms with Gasteiger partial charge in [0, 0.05) is 4.88 Å². The lowest BCUT2D eigenvalue weighted by Crippen LogP contribution is -2.48. The van der Waals surface area contributed by atoms with Crippen LogP contribution in [-0.4, -0.2) is 11.4 Å². The van der Waals surface area contributed by atoms with E-state index < -0.39 is 5.54 Å². The molecule has 0 spiro atoms. The molecule has 1 unspecified atom stereocenters. The van der Waals surface area contributed by atoms with Crippen molar-refractivity contribution in [2.75, 3.05) is 5.32 Å². The Morgan fingerprint density at radius 2 is 2.05 bits per heavy atom. The molecule has 0 bridgehead atoms. The van der Waals surface area contributed by atoms with Crippen LogP contribution in [0.4, 0.5) is 5.00 Å². The van der Waals surface area contributed by atoms with Crippen LogP contribution < -0.4 is 11.1 Å². The molecule has 1 atom stereocenters. The minimum absolute atomic E-state index is 0. The summed E-state index contributed by atoms with van der Waals surface area (Å²) >= 11 is 1.74. The van der Waals surface area contributed by atoms with Gasteiger partial charge in [0.25, 0.3) is 0 Å². The first-order valence-electron chi connectivity index (χ1n) is 7.17. The molecular formula is C15H25ClN2OS. The molecule has 3 N–H and O–H groups in total. The number of carbonyl (C=O) groups excluding carboxylic acids is 1. The fourth-order valence-electron chi connectivity index (χ4n) is 2.72. The van der Waals surface area contributed by atoms with Gasteiger partial charge >= 0.3 is 0 Å². The minimum atomic E-state index is -0.772. The first-order valence-corrected chi connectivity index (χ1v) is 7.99. The summed E-state index contributed by atoms with van der Waals surface area (Å²) in [6, 6.07) is 0. The number of thiophene rings is 1. The van der Waals surface area contributed by atoms with E-state index in [0.29, 0.717) is 6.42 Å². The van der Waals surface area contributed by atoms with Crippen LogP contribution in [0.5, 0.6) is 0 Å². The summed E-state index contributed by atoms with van der Waals surface area (Å²) in [4.78, 5) is 13.7. The zero-order chi connectivity index (χ0) is 14.0. The number of amides is 1. The second-order valence-electron chi connectivity index (χ2n) is 5.79. The maximum atomic E-state index is 12.3. The number of halogens is 1. The normalized spacial score (nSPS) is 16.8. The molecule has 0 saturated heterocycles. The van der Waals surface area contributed by atoms with Crippen molar-refractivity contribution in [2.45, 2.75) is 64.8 Å². The van der Waals surface area contributed by atoms with Gasteiger partial charge in [0.1, 0.15) is 0 Å². The monoisotopic (exact) mass is 316 g/mol. The van der Waals surface area contributed by atoms with Gasteiger partial charge in [-0.3, -0.25) is 4.79 Å². The van der Waals surface area contributed by atoms with E-state index in [1.807, 2.05) is 13.8 Å². The quantitative estimate of drug-likeness (QED) is 0.887. The number of hydrogen-bond acceptors (Lipinski definition) is 3. The number of aryl methyl sites for hydroxylation is 1. The van der Waals surface area contributed by atoms with Crippen LogP contribution in [0.25, 0.3) is 0 Å². The van der Waals surface area contributed by atoms with Gasteiger partial charge in [-0.05, 0) is 57.1 Å². The first kappa shape index (κ1) is 17.5. The van der Waals surface area contributed by atoms with Crippen molar-refractivity contribution in [1.29, 1.82) is 0 Å². The van der Waals surface area contributed by atoms with Crippen LogP contribution in [0.15, 0.2) is 0 Å². The lowest BCUT2D eigenvalue weighted by atomic mass is 9.95. The summed E-state index contributed by atoms with van der Waals surface area (Å²) in [6.07, 6.45) is 6.48. The fourth-order valence-corrected chi connectivity index (χ4v) is 4.01. The van der Waals surface area contributed by atoms with Crippen molar-refractivity contribution in [3.05, 3.63) is 16.0 Å². The molecule has 1 aliphatic carbocycles. The molecule has 1 aromatic heterocycles. The van der Waals surface area contributed by atoms with Crippen LogP contribution in [0.3, 0.4) is 0 Å². The van der Waals surface area contributed by atoms with E-state index in [0.717, 1.165) is 24.3 Å². The van der Waals surface area contributed by atoms with Gasteiger partial charge in [0.2, 0.25) is 5.91 Å². The number of hydrogen-bond donors (Lipinski definition) is 2. The van der Waals surface area contributed by atoms with E-state index in [9.17, 15) is 4.79 Å². The topological polar surface area (TPSA) is 55.1 Å². The SMILES string of the molecule is CCCC(C)(N)C(=O)Nc1sc2c(c1C)CCCC2.Cl. The van der Waals surface area contributed by atoms with Gasteiger partial charge in [-0.25, -0.2) is 0 Å². The molecule has 5 heteroatoms. The standard InChI is InChI=1S/C15H24N2OS.ClH/c1-4-9-15(3,16)14(18)17-13-10(2)11-7-5-6-8-12(11)19-13;/h4-9,16H2,1-3H3,(H,17,18);1H. The van der Waals surface area contributed by atoms with Gasteiger partial charge in [-0.2, -0.15) is 0 Å². The minimum Gasteiger partial charge on any atom is -0.318 e. The highest BCUT2D eigenvalue weighted by molar-refractivity contribution is 7.16. The Kier molecular flexibility index (Phi) is 6.05. The average Bonchev–Trinajstić information content (AvgIpc) is 2.67. The molecule has 3 nitrogen and oxygen atoms in total. The summed E-state index contributed by atoms with van der Waals surface area (Å²) in [6.45, 7) is 5.98.